The summed E-state index contributed by atoms with van der Waals surface area (Å²) >= 11 is -2.06. The molecule has 116 valence electrons. The van der Waals surface area contributed by atoms with Crippen LogP contribution in [-0.2, 0) is 4.79 Å². The Morgan fingerprint density at radius 2 is 2.41 bits per heavy atom. The maximum atomic E-state index is 14.2. The molecule has 1 saturated heterocycles. The Bertz CT molecular complexity index is 764. The molecule has 0 aliphatic carbocycles. The van der Waals surface area contributed by atoms with Gasteiger partial charge in [0.25, 0.3) is 0 Å². The molecule has 1 aromatic carbocycles. The number of benzene rings is 1. The Morgan fingerprint density at radius 1 is 1.59 bits per heavy atom. The van der Waals surface area contributed by atoms with Crippen molar-refractivity contribution in [2.75, 3.05) is 23.9 Å². The van der Waals surface area contributed by atoms with Gasteiger partial charge in [-0.15, -0.1) is 0 Å². The molecule has 8 heteroatoms. The van der Waals surface area contributed by atoms with Crippen LogP contribution in [0.4, 0.5) is 10.1 Å². The van der Waals surface area contributed by atoms with Gasteiger partial charge in [0.15, 0.2) is 0 Å². The Hall–Kier alpha value is -1.84. The fourth-order valence-electron chi connectivity index (χ4n) is 2.68. The van der Waals surface area contributed by atoms with Gasteiger partial charge in [-0.2, -0.15) is 0 Å². The summed E-state index contributed by atoms with van der Waals surface area (Å²) in [4.78, 5) is 12.3. The van der Waals surface area contributed by atoms with E-state index in [-0.39, 0.29) is 11.7 Å². The summed E-state index contributed by atoms with van der Waals surface area (Å²) in [5, 5.41) is 5.85. The van der Waals surface area contributed by atoms with Crippen molar-refractivity contribution < 1.29 is 18.7 Å². The number of halogens is 2. The molecule has 6 nitrogen and oxygen atoms in total. The van der Waals surface area contributed by atoms with Crippen LogP contribution in [-0.4, -0.2) is 33.9 Å². The number of rotatable bonds is 2. The summed E-state index contributed by atoms with van der Waals surface area (Å²) in [7, 11) is 3.13. The van der Waals surface area contributed by atoms with Gasteiger partial charge in [0.05, 0.1) is 0 Å². The van der Waals surface area contributed by atoms with E-state index < -0.39 is 29.5 Å². The van der Waals surface area contributed by atoms with Gasteiger partial charge in [0.2, 0.25) is 0 Å². The molecular weight excluding hydrogens is 404 g/mol. The number of allylic oxidation sites excluding steroid dienone is 1. The van der Waals surface area contributed by atoms with Gasteiger partial charge in [0, 0.05) is 0 Å². The topological polar surface area (TPSA) is 72.0 Å². The molecular formula is C14H13FIN3O3. The minimum absolute atomic E-state index is 0.0235. The number of fused-ring (bicyclic) bond motifs is 3. The first kappa shape index (κ1) is 13.8. The van der Waals surface area contributed by atoms with Crippen molar-refractivity contribution in [2.24, 2.45) is 3.21 Å². The van der Waals surface area contributed by atoms with E-state index in [0.717, 1.165) is 0 Å². The normalized spacial score (nSPS) is 25.8. The first-order valence-electron chi connectivity index (χ1n) is 6.61. The first-order chi connectivity index (χ1) is 10.6. The molecule has 0 bridgehead atoms. The van der Waals surface area contributed by atoms with E-state index in [1.165, 1.54) is 0 Å². The third kappa shape index (κ3) is 1.64. The fraction of sp³-hybridized carbons (Fsp3) is 0.286. The van der Waals surface area contributed by atoms with Gasteiger partial charge in [-0.05, 0) is 0 Å². The van der Waals surface area contributed by atoms with Crippen LogP contribution in [0, 0.1) is 0 Å². The fourth-order valence-corrected chi connectivity index (χ4v) is 8.28. The molecule has 0 spiro atoms. The summed E-state index contributed by atoms with van der Waals surface area (Å²) in [6.45, 7) is 0. The van der Waals surface area contributed by atoms with Gasteiger partial charge in [-0.25, -0.2) is 0 Å². The number of methoxy groups -OCH3 is 1. The van der Waals surface area contributed by atoms with Gasteiger partial charge < -0.3 is 0 Å². The molecule has 0 saturated carbocycles. The number of alkyl halides is 2. The quantitative estimate of drug-likeness (QED) is 0.571. The predicted molar refractivity (Wildman–Crippen MR) is 88.5 cm³/mol. The summed E-state index contributed by atoms with van der Waals surface area (Å²) in [6.07, 6.45) is 0. The molecule has 3 aliphatic rings. The van der Waals surface area contributed by atoms with Crippen LogP contribution in [0.15, 0.2) is 32.9 Å². The number of hydrogen-bond donors (Lipinski definition) is 2. The van der Waals surface area contributed by atoms with Crippen LogP contribution >= 0.6 is 20.1 Å². The van der Waals surface area contributed by atoms with E-state index >= 15 is 0 Å². The molecule has 2 N–H and O–H groups in total. The molecule has 1 fully saturated rings. The van der Waals surface area contributed by atoms with Gasteiger partial charge >= 0.3 is 133 Å². The number of carbonyl (C=O) groups excluding carboxylic acids is 1. The van der Waals surface area contributed by atoms with Crippen molar-refractivity contribution in [1.29, 1.82) is 0 Å². The monoisotopic (exact) mass is 417 g/mol. The summed E-state index contributed by atoms with van der Waals surface area (Å²) in [5.74, 6) is 0.322. The van der Waals surface area contributed by atoms with Gasteiger partial charge in [-0.3, -0.25) is 0 Å². The Kier molecular flexibility index (Phi) is 2.87. The molecule has 4 rings (SSSR count). The van der Waals surface area contributed by atoms with Crippen LogP contribution in [0.25, 0.3) is 0 Å². The van der Waals surface area contributed by atoms with Crippen LogP contribution < -0.4 is 20.1 Å². The number of carbonyl (C=O) groups is 1. The second kappa shape index (κ2) is 4.58. The number of nitrogens with zero attached hydrogens (tertiary/aromatic N) is 1. The molecule has 22 heavy (non-hydrogen) atoms. The van der Waals surface area contributed by atoms with E-state index in [9.17, 15) is 9.18 Å². The number of amides is 1. The van der Waals surface area contributed by atoms with Crippen LogP contribution in [0.5, 0.6) is 11.5 Å². The van der Waals surface area contributed by atoms with Gasteiger partial charge in [-0.1, -0.05) is 0 Å². The zero-order valence-corrected chi connectivity index (χ0v) is 14.0. The predicted octanol–water partition coefficient (Wildman–Crippen LogP) is 2.01. The Labute approximate surface area is 133 Å². The van der Waals surface area contributed by atoms with E-state index in [1.54, 1.807) is 32.4 Å². The molecule has 1 unspecified atom stereocenters. The molecule has 0 aromatic heterocycles. The standard InChI is InChI=1S/C14H13FIN3O3/c1-17-13(20)14-6-16(14)19-12(15)10-11(14)18-9-7(21-2)4-3-5-8(9)22-10/h3-5,18H,6H2,1-2H3,(H,17,20). The van der Waals surface area contributed by atoms with Crippen molar-refractivity contribution in [3.05, 3.63) is 29.7 Å². The average Bonchev–Trinajstić information content (AvgIpc) is 3.27. The summed E-state index contributed by atoms with van der Waals surface area (Å²) < 4.78 is 29.2. The number of para-hydroxylation sites is 1. The second-order valence-electron chi connectivity index (χ2n) is 4.99. The molecule has 3 heterocycles. The second-order valence-corrected chi connectivity index (χ2v) is 10.0. The maximum absolute atomic E-state index is 14.2. The van der Waals surface area contributed by atoms with E-state index in [4.69, 9.17) is 9.47 Å². The third-order valence-electron chi connectivity index (χ3n) is 3.85. The van der Waals surface area contributed by atoms with Crippen LogP contribution in [0.1, 0.15) is 0 Å². The first-order valence-corrected chi connectivity index (χ1v) is 10.2. The van der Waals surface area contributed by atoms with Crippen LogP contribution in [0.2, 0.25) is 0 Å². The zero-order chi connectivity index (χ0) is 15.5. The molecule has 1 atom stereocenters. The van der Waals surface area contributed by atoms with Crippen molar-refractivity contribution in [3.8, 4) is 11.5 Å². The van der Waals surface area contributed by atoms with Crippen molar-refractivity contribution >= 4 is 37.7 Å². The number of anilines is 1. The van der Waals surface area contributed by atoms with Gasteiger partial charge in [0.1, 0.15) is 0 Å². The number of hydrogen-bond acceptors (Lipinski definition) is 5. The summed E-state index contributed by atoms with van der Waals surface area (Å²) in [5.41, 5.74) is 1.10. The number of ether oxygens (including phenoxy) is 2. The van der Waals surface area contributed by atoms with Crippen LogP contribution in [0.3, 0.4) is 0 Å². The third-order valence-corrected chi connectivity index (χ3v) is 9.34. The minimum atomic E-state index is -2.06. The zero-order valence-electron chi connectivity index (χ0n) is 11.9. The molecule has 3 aliphatic heterocycles. The van der Waals surface area contributed by atoms with E-state index in [2.05, 4.69) is 13.8 Å². The van der Waals surface area contributed by atoms with Crippen molar-refractivity contribution in [2.45, 2.75) is 3.42 Å². The summed E-state index contributed by atoms with van der Waals surface area (Å²) in [6, 6.07) is 5.25. The van der Waals surface area contributed by atoms with E-state index in [1.807, 2.05) is 0 Å². The van der Waals surface area contributed by atoms with E-state index in [0.29, 0.717) is 27.3 Å². The van der Waals surface area contributed by atoms with Crippen molar-refractivity contribution in [1.82, 2.24) is 5.32 Å². The average molecular weight is 417 g/mol. The molecule has 1 amide bonds. The number of nitrogens with one attached hydrogen (secondary N) is 2. The molecule has 0 radical (unpaired) electrons. The SMILES string of the molecule is CNC(=O)C12CI1N=C(F)C1=C2Nc2c(OC)cccc2O1. The Balaban J connectivity index is 1.85. The Morgan fingerprint density at radius 3 is 3.14 bits per heavy atom. The van der Waals surface area contributed by atoms with Crippen molar-refractivity contribution in [3.63, 3.8) is 0 Å². The molecule has 1 aromatic rings.